The Morgan fingerprint density at radius 3 is 2.06 bits per heavy atom. The Morgan fingerprint density at radius 1 is 0.800 bits per heavy atom. The number of benzene rings is 2. The summed E-state index contributed by atoms with van der Waals surface area (Å²) >= 11 is 0. The van der Waals surface area contributed by atoms with Crippen LogP contribution in [0.3, 0.4) is 0 Å². The fraction of sp³-hybridized carbons (Fsp3) is 0.400. The van der Waals surface area contributed by atoms with E-state index in [4.69, 9.17) is 23.7 Å². The molecule has 5 atom stereocenters. The first kappa shape index (κ1) is 25.8. The average molecular weight is 485 g/mol. The molecule has 3 rings (SSSR count). The molecule has 2 aromatic rings. The first-order chi connectivity index (χ1) is 16.7. The molecule has 0 spiro atoms. The Morgan fingerprint density at radius 2 is 1.40 bits per heavy atom. The van der Waals surface area contributed by atoms with Crippen LogP contribution in [0.4, 0.5) is 0 Å². The second kappa shape index (κ2) is 11.6. The lowest BCUT2D eigenvalue weighted by atomic mass is 9.97. The third-order valence-corrected chi connectivity index (χ3v) is 5.15. The van der Waals surface area contributed by atoms with Crippen molar-refractivity contribution in [3.63, 3.8) is 0 Å². The molecule has 0 radical (unpaired) electrons. The van der Waals surface area contributed by atoms with Crippen molar-refractivity contribution in [2.24, 2.45) is 4.99 Å². The molecule has 0 saturated carbocycles. The number of carbonyl (C=O) groups is 4. The fourth-order valence-electron chi connectivity index (χ4n) is 3.84. The molecule has 35 heavy (non-hydrogen) atoms. The minimum atomic E-state index is -1.26. The summed E-state index contributed by atoms with van der Waals surface area (Å²) in [6.45, 7) is 4.42. The number of fused-ring (bicyclic) bond motifs is 1. The Labute approximate surface area is 202 Å². The molecule has 1 saturated heterocycles. The molecule has 2 aromatic carbocycles. The lowest BCUT2D eigenvalue weighted by Gasteiger charge is -2.43. The molecule has 0 N–H and O–H groups in total. The summed E-state index contributed by atoms with van der Waals surface area (Å²) in [5.41, 5.74) is 0.774. The number of nitrogens with zero attached hydrogens (tertiary/aromatic N) is 1. The standard InChI is InChI=1S/C25H27NO9/c1-14(27)31-13-21-22(32-15(2)28)23(33-16(3)29)24(34-17(4)30)25(35-21)26-12-19-10-7-9-18-8-5-6-11-20(18)19/h5-12,21-25H,13H2,1-4H3/b26-12+/t21-,22+,23+,24-,25-/m1/s1. The van der Waals surface area contributed by atoms with E-state index in [1.165, 1.54) is 27.7 Å². The Bertz CT molecular complexity index is 1120. The number of esters is 4. The summed E-state index contributed by atoms with van der Waals surface area (Å²) in [4.78, 5) is 51.6. The van der Waals surface area contributed by atoms with E-state index in [1.54, 1.807) is 6.21 Å². The second-order valence-corrected chi connectivity index (χ2v) is 7.94. The summed E-state index contributed by atoms with van der Waals surface area (Å²) in [6.07, 6.45) is -4.36. The van der Waals surface area contributed by atoms with Gasteiger partial charge in [-0.05, 0) is 10.8 Å². The van der Waals surface area contributed by atoms with Gasteiger partial charge in [-0.2, -0.15) is 0 Å². The van der Waals surface area contributed by atoms with Gasteiger partial charge in [-0.3, -0.25) is 24.2 Å². The molecule has 0 unspecified atom stereocenters. The normalized spacial score (nSPS) is 24.1. The number of hydrogen-bond acceptors (Lipinski definition) is 10. The van der Waals surface area contributed by atoms with Crippen LogP contribution in [0.2, 0.25) is 0 Å². The van der Waals surface area contributed by atoms with Crippen molar-refractivity contribution < 1.29 is 42.9 Å². The second-order valence-electron chi connectivity index (χ2n) is 7.94. The molecule has 10 nitrogen and oxygen atoms in total. The maximum absolute atomic E-state index is 11.9. The molecule has 0 aromatic heterocycles. The molecule has 0 amide bonds. The minimum absolute atomic E-state index is 0.307. The van der Waals surface area contributed by atoms with Gasteiger partial charge >= 0.3 is 23.9 Å². The van der Waals surface area contributed by atoms with E-state index in [0.717, 1.165) is 16.3 Å². The van der Waals surface area contributed by atoms with Crippen LogP contribution in [0.1, 0.15) is 33.3 Å². The molecule has 1 aliphatic rings. The molecule has 10 heteroatoms. The Kier molecular flexibility index (Phi) is 8.53. The highest BCUT2D eigenvalue weighted by Crippen LogP contribution is 2.30. The van der Waals surface area contributed by atoms with Gasteiger partial charge in [0.15, 0.2) is 24.5 Å². The molecule has 186 valence electrons. The third-order valence-electron chi connectivity index (χ3n) is 5.15. The van der Waals surface area contributed by atoms with Gasteiger partial charge in [0.2, 0.25) is 0 Å². The quantitative estimate of drug-likeness (QED) is 0.330. The minimum Gasteiger partial charge on any atom is -0.463 e. The summed E-state index contributed by atoms with van der Waals surface area (Å²) < 4.78 is 27.3. The van der Waals surface area contributed by atoms with Gasteiger partial charge in [-0.15, -0.1) is 0 Å². The lowest BCUT2D eigenvalue weighted by Crippen LogP contribution is -2.62. The van der Waals surface area contributed by atoms with Crippen molar-refractivity contribution >= 4 is 40.9 Å². The fourth-order valence-corrected chi connectivity index (χ4v) is 3.84. The predicted octanol–water partition coefficient (Wildman–Crippen LogP) is 2.34. The smallest absolute Gasteiger partial charge is 0.303 e. The van der Waals surface area contributed by atoms with Gasteiger partial charge in [0.1, 0.15) is 12.7 Å². The van der Waals surface area contributed by atoms with Crippen LogP contribution in [0, 0.1) is 0 Å². The highest BCUT2D eigenvalue weighted by molar-refractivity contribution is 5.99. The van der Waals surface area contributed by atoms with Crippen molar-refractivity contribution in [3.05, 3.63) is 48.0 Å². The van der Waals surface area contributed by atoms with E-state index in [0.29, 0.717) is 0 Å². The van der Waals surface area contributed by atoms with Crippen LogP contribution in [-0.4, -0.2) is 67.3 Å². The topological polar surface area (TPSA) is 127 Å². The molecule has 0 bridgehead atoms. The summed E-state index contributed by atoms with van der Waals surface area (Å²) in [5, 5.41) is 1.93. The van der Waals surface area contributed by atoms with Crippen molar-refractivity contribution in [3.8, 4) is 0 Å². The van der Waals surface area contributed by atoms with E-state index in [1.807, 2.05) is 42.5 Å². The molecular weight excluding hydrogens is 458 g/mol. The van der Waals surface area contributed by atoms with Gasteiger partial charge in [-0.1, -0.05) is 42.5 Å². The monoisotopic (exact) mass is 485 g/mol. The summed E-state index contributed by atoms with van der Waals surface area (Å²) in [7, 11) is 0. The summed E-state index contributed by atoms with van der Waals surface area (Å²) in [5.74, 6) is -2.66. The first-order valence-corrected chi connectivity index (χ1v) is 11.0. The SMILES string of the molecule is CC(=O)OC[C@H]1O[C@@H](/N=C/c2cccc3ccccc23)[C@H](OC(C)=O)[C@@H](OC(C)=O)[C@H]1OC(C)=O. The largest absolute Gasteiger partial charge is 0.463 e. The maximum atomic E-state index is 11.9. The van der Waals surface area contributed by atoms with Gasteiger partial charge in [0, 0.05) is 39.5 Å². The van der Waals surface area contributed by atoms with Gasteiger partial charge in [-0.25, -0.2) is 0 Å². The zero-order chi connectivity index (χ0) is 25.5. The average Bonchev–Trinajstić information content (AvgIpc) is 2.78. The zero-order valence-electron chi connectivity index (χ0n) is 19.8. The highest BCUT2D eigenvalue weighted by Gasteiger charge is 2.52. The Balaban J connectivity index is 2.02. The number of carbonyl (C=O) groups excluding carboxylic acids is 4. The first-order valence-electron chi connectivity index (χ1n) is 11.0. The van der Waals surface area contributed by atoms with Crippen molar-refractivity contribution in [1.29, 1.82) is 0 Å². The van der Waals surface area contributed by atoms with E-state index >= 15 is 0 Å². The molecule has 1 aliphatic heterocycles. The van der Waals surface area contributed by atoms with Gasteiger partial charge < -0.3 is 23.7 Å². The maximum Gasteiger partial charge on any atom is 0.303 e. The number of ether oxygens (including phenoxy) is 5. The molecule has 0 aliphatic carbocycles. The van der Waals surface area contributed by atoms with Gasteiger partial charge in [0.05, 0.1) is 0 Å². The van der Waals surface area contributed by atoms with Crippen LogP contribution in [0.25, 0.3) is 10.8 Å². The Hall–Kier alpha value is -3.79. The molecule has 1 fully saturated rings. The van der Waals surface area contributed by atoms with Gasteiger partial charge in [0.25, 0.3) is 0 Å². The van der Waals surface area contributed by atoms with E-state index in [9.17, 15) is 19.2 Å². The number of rotatable bonds is 7. The highest BCUT2D eigenvalue weighted by atomic mass is 16.7. The van der Waals surface area contributed by atoms with E-state index in [-0.39, 0.29) is 6.61 Å². The van der Waals surface area contributed by atoms with E-state index in [2.05, 4.69) is 4.99 Å². The van der Waals surface area contributed by atoms with Crippen LogP contribution >= 0.6 is 0 Å². The zero-order valence-corrected chi connectivity index (χ0v) is 19.8. The van der Waals surface area contributed by atoms with Crippen molar-refractivity contribution in [2.75, 3.05) is 6.61 Å². The van der Waals surface area contributed by atoms with Crippen molar-refractivity contribution in [1.82, 2.24) is 0 Å². The van der Waals surface area contributed by atoms with Crippen LogP contribution in [0.15, 0.2) is 47.5 Å². The number of hydrogen-bond donors (Lipinski definition) is 0. The van der Waals surface area contributed by atoms with Crippen LogP contribution < -0.4 is 0 Å². The molecular formula is C25H27NO9. The van der Waals surface area contributed by atoms with E-state index < -0.39 is 54.5 Å². The molecule has 1 heterocycles. The third kappa shape index (κ3) is 6.86. The van der Waals surface area contributed by atoms with Crippen LogP contribution in [0.5, 0.6) is 0 Å². The number of aliphatic imine (C=N–C) groups is 1. The predicted molar refractivity (Wildman–Crippen MR) is 123 cm³/mol. The van der Waals surface area contributed by atoms with Crippen molar-refractivity contribution in [2.45, 2.75) is 58.3 Å². The van der Waals surface area contributed by atoms with Crippen LogP contribution in [-0.2, 0) is 42.9 Å². The summed E-state index contributed by atoms with van der Waals surface area (Å²) in [6, 6.07) is 13.4. The lowest BCUT2D eigenvalue weighted by molar-refractivity contribution is -0.250.